The van der Waals surface area contributed by atoms with Gasteiger partial charge in [0.15, 0.2) is 0 Å². The molecule has 156 valence electrons. The van der Waals surface area contributed by atoms with Gasteiger partial charge in [-0.3, -0.25) is 4.90 Å². The second kappa shape index (κ2) is 9.47. The van der Waals surface area contributed by atoms with Crippen LogP contribution in [0.25, 0.3) is 0 Å². The maximum absolute atomic E-state index is 12.3. The monoisotopic (exact) mass is 391 g/mol. The maximum atomic E-state index is 12.3. The third kappa shape index (κ3) is 6.01. The maximum Gasteiger partial charge on any atom is 0.410 e. The molecule has 0 unspecified atom stereocenters. The summed E-state index contributed by atoms with van der Waals surface area (Å²) in [6.07, 6.45) is -0.234. The molecule has 28 heavy (non-hydrogen) atoms. The van der Waals surface area contributed by atoms with Gasteiger partial charge in [-0.05, 0) is 32.9 Å². The van der Waals surface area contributed by atoms with Crippen LogP contribution in [0.5, 0.6) is 5.75 Å². The summed E-state index contributed by atoms with van der Waals surface area (Å²) < 4.78 is 17.0. The van der Waals surface area contributed by atoms with E-state index in [1.54, 1.807) is 4.90 Å². The number of carbonyl (C=O) groups is 1. The molecule has 2 heterocycles. The van der Waals surface area contributed by atoms with Gasteiger partial charge in [-0.25, -0.2) is 4.79 Å². The first kappa shape index (κ1) is 20.7. The molecule has 0 saturated carbocycles. The van der Waals surface area contributed by atoms with Crippen LogP contribution in [0.3, 0.4) is 0 Å². The first-order valence-electron chi connectivity index (χ1n) is 10.2. The van der Waals surface area contributed by atoms with E-state index in [1.165, 1.54) is 0 Å². The Morgan fingerprint density at radius 3 is 2.39 bits per heavy atom. The highest BCUT2D eigenvalue weighted by Gasteiger charge is 2.26. The Hall–Kier alpha value is -1.99. The van der Waals surface area contributed by atoms with Crippen molar-refractivity contribution in [2.24, 2.45) is 0 Å². The number of rotatable bonds is 5. The fraction of sp³-hybridized carbons (Fsp3) is 0.667. The van der Waals surface area contributed by atoms with Crippen LogP contribution in [0.1, 0.15) is 20.8 Å². The Labute approximate surface area is 168 Å². The third-order valence-electron chi connectivity index (χ3n) is 4.91. The number of benzene rings is 1. The topological polar surface area (TPSA) is 54.5 Å². The summed E-state index contributed by atoms with van der Waals surface area (Å²) in [5.41, 5.74) is 0.628. The van der Waals surface area contributed by atoms with E-state index in [0.717, 1.165) is 57.4 Å². The normalized spacial score (nSPS) is 18.8. The Bertz CT molecular complexity index is 633. The fourth-order valence-corrected chi connectivity index (χ4v) is 3.41. The molecule has 0 bridgehead atoms. The number of hydrogen-bond donors (Lipinski definition) is 0. The second-order valence-corrected chi connectivity index (χ2v) is 8.22. The number of amides is 1. The lowest BCUT2D eigenvalue weighted by atomic mass is 10.2. The number of piperazine rings is 1. The van der Waals surface area contributed by atoms with E-state index in [0.29, 0.717) is 19.7 Å². The third-order valence-corrected chi connectivity index (χ3v) is 4.91. The highest BCUT2D eigenvalue weighted by molar-refractivity contribution is 5.69. The molecule has 2 saturated heterocycles. The van der Waals surface area contributed by atoms with E-state index in [-0.39, 0.29) is 6.09 Å². The summed E-state index contributed by atoms with van der Waals surface area (Å²) in [4.78, 5) is 18.7. The summed E-state index contributed by atoms with van der Waals surface area (Å²) >= 11 is 0. The molecule has 2 fully saturated rings. The number of hydrogen-bond acceptors (Lipinski definition) is 6. The SMILES string of the molecule is CC(C)(C)OC(=O)N1CCN(c2ccccc2OCCN2CCOCC2)CC1. The standard InChI is InChI=1S/C21H33N3O4/c1-21(2,3)28-20(25)24-10-8-23(9-11-24)18-6-4-5-7-19(18)27-17-14-22-12-15-26-16-13-22/h4-7H,8-17H2,1-3H3. The Morgan fingerprint density at radius 2 is 1.71 bits per heavy atom. The van der Waals surface area contributed by atoms with Crippen molar-refractivity contribution in [3.05, 3.63) is 24.3 Å². The number of morpholine rings is 1. The molecule has 3 rings (SSSR count). The molecule has 0 aromatic heterocycles. The van der Waals surface area contributed by atoms with Gasteiger partial charge in [0.25, 0.3) is 0 Å². The van der Waals surface area contributed by atoms with Crippen LogP contribution in [0, 0.1) is 0 Å². The largest absolute Gasteiger partial charge is 0.490 e. The molecule has 0 spiro atoms. The van der Waals surface area contributed by atoms with Crippen molar-refractivity contribution in [3.8, 4) is 5.75 Å². The van der Waals surface area contributed by atoms with Crippen LogP contribution in [-0.2, 0) is 9.47 Å². The quantitative estimate of drug-likeness (QED) is 0.769. The molecule has 1 amide bonds. The Kier molecular flexibility index (Phi) is 7.02. The smallest absolute Gasteiger partial charge is 0.410 e. The van der Waals surface area contributed by atoms with E-state index in [4.69, 9.17) is 14.2 Å². The average Bonchev–Trinajstić information content (AvgIpc) is 2.68. The molecule has 0 aliphatic carbocycles. The number of carbonyl (C=O) groups excluding carboxylic acids is 1. The van der Waals surface area contributed by atoms with Gasteiger partial charge in [-0.15, -0.1) is 0 Å². The molecular weight excluding hydrogens is 358 g/mol. The summed E-state index contributed by atoms with van der Waals surface area (Å²) in [5, 5.41) is 0. The zero-order valence-electron chi connectivity index (χ0n) is 17.4. The molecular formula is C21H33N3O4. The lowest BCUT2D eigenvalue weighted by Gasteiger charge is -2.37. The first-order valence-corrected chi connectivity index (χ1v) is 10.2. The molecule has 1 aromatic rings. The van der Waals surface area contributed by atoms with Crippen LogP contribution in [0.2, 0.25) is 0 Å². The number of nitrogens with zero attached hydrogens (tertiary/aromatic N) is 3. The van der Waals surface area contributed by atoms with Crippen molar-refractivity contribution in [1.82, 2.24) is 9.80 Å². The second-order valence-electron chi connectivity index (χ2n) is 8.22. The molecule has 1 aromatic carbocycles. The predicted molar refractivity (Wildman–Crippen MR) is 109 cm³/mol. The molecule has 2 aliphatic rings. The lowest BCUT2D eigenvalue weighted by molar-refractivity contribution is 0.0240. The predicted octanol–water partition coefficient (Wildman–Crippen LogP) is 2.45. The van der Waals surface area contributed by atoms with E-state index in [2.05, 4.69) is 15.9 Å². The van der Waals surface area contributed by atoms with Gasteiger partial charge in [0.1, 0.15) is 18.0 Å². The van der Waals surface area contributed by atoms with Gasteiger partial charge in [-0.1, -0.05) is 12.1 Å². The number of para-hydroxylation sites is 2. The van der Waals surface area contributed by atoms with Crippen molar-refractivity contribution >= 4 is 11.8 Å². The van der Waals surface area contributed by atoms with Gasteiger partial charge < -0.3 is 24.0 Å². The average molecular weight is 392 g/mol. The van der Waals surface area contributed by atoms with Crippen molar-refractivity contribution in [1.29, 1.82) is 0 Å². The molecule has 0 radical (unpaired) electrons. The molecule has 0 N–H and O–H groups in total. The van der Waals surface area contributed by atoms with Crippen LogP contribution in [0.4, 0.5) is 10.5 Å². The van der Waals surface area contributed by atoms with Crippen LogP contribution in [-0.4, -0.2) is 87.1 Å². The van der Waals surface area contributed by atoms with Gasteiger partial charge in [0, 0.05) is 45.8 Å². The number of anilines is 1. The summed E-state index contributed by atoms with van der Waals surface area (Å²) in [6.45, 7) is 13.6. The van der Waals surface area contributed by atoms with E-state index in [1.807, 2.05) is 39.0 Å². The first-order chi connectivity index (χ1) is 13.4. The summed E-state index contributed by atoms with van der Waals surface area (Å²) in [7, 11) is 0. The van der Waals surface area contributed by atoms with Crippen molar-refractivity contribution in [2.45, 2.75) is 26.4 Å². The van der Waals surface area contributed by atoms with E-state index in [9.17, 15) is 4.79 Å². The minimum Gasteiger partial charge on any atom is -0.490 e. The number of ether oxygens (including phenoxy) is 3. The molecule has 2 aliphatic heterocycles. The van der Waals surface area contributed by atoms with E-state index >= 15 is 0 Å². The zero-order valence-corrected chi connectivity index (χ0v) is 17.4. The lowest BCUT2D eigenvalue weighted by Crippen LogP contribution is -2.50. The van der Waals surface area contributed by atoms with Gasteiger partial charge in [0.05, 0.1) is 18.9 Å². The van der Waals surface area contributed by atoms with Crippen molar-refractivity contribution in [2.75, 3.05) is 70.5 Å². The van der Waals surface area contributed by atoms with Crippen LogP contribution < -0.4 is 9.64 Å². The minimum atomic E-state index is -0.463. The van der Waals surface area contributed by atoms with Crippen molar-refractivity contribution in [3.63, 3.8) is 0 Å². The minimum absolute atomic E-state index is 0.234. The van der Waals surface area contributed by atoms with Gasteiger partial charge in [0.2, 0.25) is 0 Å². The fourth-order valence-electron chi connectivity index (χ4n) is 3.41. The van der Waals surface area contributed by atoms with Crippen LogP contribution in [0.15, 0.2) is 24.3 Å². The molecule has 0 atom stereocenters. The Morgan fingerprint density at radius 1 is 1.04 bits per heavy atom. The van der Waals surface area contributed by atoms with Gasteiger partial charge >= 0.3 is 6.09 Å². The zero-order chi connectivity index (χ0) is 20.0. The summed E-state index contributed by atoms with van der Waals surface area (Å²) in [6, 6.07) is 8.15. The highest BCUT2D eigenvalue weighted by atomic mass is 16.6. The highest BCUT2D eigenvalue weighted by Crippen LogP contribution is 2.29. The molecule has 7 nitrogen and oxygen atoms in total. The van der Waals surface area contributed by atoms with Crippen molar-refractivity contribution < 1.29 is 19.0 Å². The Balaban J connectivity index is 1.51. The molecule has 7 heteroatoms. The van der Waals surface area contributed by atoms with Gasteiger partial charge in [-0.2, -0.15) is 0 Å². The summed E-state index contributed by atoms with van der Waals surface area (Å²) in [5.74, 6) is 0.904. The van der Waals surface area contributed by atoms with E-state index < -0.39 is 5.60 Å². The van der Waals surface area contributed by atoms with Crippen LogP contribution >= 0.6 is 0 Å².